The van der Waals surface area contributed by atoms with Gasteiger partial charge in [0.2, 0.25) is 5.76 Å². The summed E-state index contributed by atoms with van der Waals surface area (Å²) < 4.78 is 10.5. The molecule has 0 aliphatic carbocycles. The second-order valence-electron chi connectivity index (χ2n) is 2.67. The van der Waals surface area contributed by atoms with Crippen molar-refractivity contribution in [1.29, 1.82) is 0 Å². The van der Waals surface area contributed by atoms with Gasteiger partial charge >= 0.3 is 5.97 Å². The van der Waals surface area contributed by atoms with E-state index in [-0.39, 0.29) is 5.76 Å². The van der Waals surface area contributed by atoms with Crippen molar-refractivity contribution in [1.82, 2.24) is 0 Å². The van der Waals surface area contributed by atoms with Crippen molar-refractivity contribution in [3.05, 3.63) is 35.2 Å². The van der Waals surface area contributed by atoms with Crippen LogP contribution in [0, 0.1) is 0 Å². The molecule has 1 rings (SSSR count). The highest BCUT2D eigenvalue weighted by Crippen LogP contribution is 2.14. The monoisotopic (exact) mass is 258 g/mol. The molecule has 0 saturated carbocycles. The summed E-state index contributed by atoms with van der Waals surface area (Å²) in [5.74, 6) is -0.213. The van der Waals surface area contributed by atoms with Crippen molar-refractivity contribution >= 4 is 21.9 Å². The van der Waals surface area contributed by atoms with Gasteiger partial charge in [0.15, 0.2) is 4.67 Å². The number of carbonyl (C=O) groups excluding carboxylic acids is 1. The highest BCUT2D eigenvalue weighted by Gasteiger charge is 2.10. The normalized spacial score (nSPS) is 9.79. The van der Waals surface area contributed by atoms with E-state index < -0.39 is 5.97 Å². The van der Waals surface area contributed by atoms with E-state index in [1.54, 1.807) is 18.2 Å². The van der Waals surface area contributed by atoms with E-state index in [1.807, 2.05) is 0 Å². The van der Waals surface area contributed by atoms with Crippen LogP contribution in [0.1, 0.15) is 23.4 Å². The summed E-state index contributed by atoms with van der Waals surface area (Å²) >= 11 is 3.11. The van der Waals surface area contributed by atoms with Gasteiger partial charge in [-0.15, -0.1) is 6.58 Å². The van der Waals surface area contributed by atoms with Crippen LogP contribution in [0.2, 0.25) is 0 Å². The Kier molecular flexibility index (Phi) is 4.46. The van der Waals surface area contributed by atoms with Crippen LogP contribution in [-0.4, -0.2) is 12.6 Å². The van der Waals surface area contributed by atoms with Crippen LogP contribution in [0.25, 0.3) is 0 Å². The average Bonchev–Trinajstić information content (AvgIpc) is 2.59. The van der Waals surface area contributed by atoms with Crippen molar-refractivity contribution in [3.63, 3.8) is 0 Å². The smallest absolute Gasteiger partial charge is 0.374 e. The van der Waals surface area contributed by atoms with E-state index in [1.165, 1.54) is 0 Å². The van der Waals surface area contributed by atoms with E-state index >= 15 is 0 Å². The molecule has 0 bridgehead atoms. The predicted molar refractivity (Wildman–Crippen MR) is 56.1 cm³/mol. The van der Waals surface area contributed by atoms with Crippen molar-refractivity contribution in [3.8, 4) is 0 Å². The minimum atomic E-state index is -0.431. The average molecular weight is 259 g/mol. The molecular formula is C10H11BrO3. The first kappa shape index (κ1) is 11.0. The third-order valence-electron chi connectivity index (χ3n) is 1.56. The van der Waals surface area contributed by atoms with E-state index in [4.69, 9.17) is 9.15 Å². The quantitative estimate of drug-likeness (QED) is 0.463. The molecule has 76 valence electrons. The van der Waals surface area contributed by atoms with E-state index in [0.717, 1.165) is 12.8 Å². The topological polar surface area (TPSA) is 39.4 Å². The van der Waals surface area contributed by atoms with Gasteiger partial charge in [0.05, 0.1) is 6.61 Å². The van der Waals surface area contributed by atoms with Crippen LogP contribution in [0.4, 0.5) is 0 Å². The van der Waals surface area contributed by atoms with Gasteiger partial charge < -0.3 is 9.15 Å². The number of hydrogen-bond donors (Lipinski definition) is 0. The SMILES string of the molecule is C=CCCCOC(=O)c1ccc(Br)o1. The second-order valence-corrected chi connectivity index (χ2v) is 3.45. The Morgan fingerprint density at radius 3 is 3.00 bits per heavy atom. The summed E-state index contributed by atoms with van der Waals surface area (Å²) in [6.45, 7) is 3.97. The lowest BCUT2D eigenvalue weighted by Gasteiger charge is -2.00. The number of ether oxygens (including phenoxy) is 1. The van der Waals surface area contributed by atoms with Gasteiger partial charge in [-0.3, -0.25) is 0 Å². The fourth-order valence-corrected chi connectivity index (χ4v) is 1.19. The molecule has 0 fully saturated rings. The van der Waals surface area contributed by atoms with E-state index in [0.29, 0.717) is 11.3 Å². The first-order chi connectivity index (χ1) is 6.74. The number of hydrogen-bond acceptors (Lipinski definition) is 3. The number of carbonyl (C=O) groups is 1. The molecule has 0 radical (unpaired) electrons. The molecule has 4 heteroatoms. The maximum atomic E-state index is 11.3. The van der Waals surface area contributed by atoms with Crippen LogP contribution in [-0.2, 0) is 4.74 Å². The largest absolute Gasteiger partial charge is 0.460 e. The number of halogens is 1. The van der Waals surface area contributed by atoms with Crippen molar-refractivity contribution in [2.75, 3.05) is 6.61 Å². The molecule has 14 heavy (non-hydrogen) atoms. The van der Waals surface area contributed by atoms with Gasteiger partial charge in [0.1, 0.15) is 0 Å². The fourth-order valence-electron chi connectivity index (χ4n) is 0.888. The zero-order valence-corrected chi connectivity index (χ0v) is 9.25. The van der Waals surface area contributed by atoms with Gasteiger partial charge in [-0.05, 0) is 40.9 Å². The Morgan fingerprint density at radius 2 is 2.43 bits per heavy atom. The molecule has 1 heterocycles. The standard InChI is InChI=1S/C10H11BrO3/c1-2-3-4-7-13-10(12)8-5-6-9(11)14-8/h2,5-6H,1,3-4,7H2. The van der Waals surface area contributed by atoms with Crippen LogP contribution >= 0.6 is 15.9 Å². The van der Waals surface area contributed by atoms with Gasteiger partial charge in [0, 0.05) is 0 Å². The molecule has 1 aromatic rings. The van der Waals surface area contributed by atoms with Gasteiger partial charge in [-0.2, -0.15) is 0 Å². The lowest BCUT2D eigenvalue weighted by atomic mass is 10.3. The Hall–Kier alpha value is -1.03. The molecule has 0 saturated heterocycles. The third-order valence-corrected chi connectivity index (χ3v) is 1.99. The maximum absolute atomic E-state index is 11.3. The van der Waals surface area contributed by atoms with Crippen LogP contribution in [0.3, 0.4) is 0 Å². The third kappa shape index (κ3) is 3.38. The van der Waals surface area contributed by atoms with Gasteiger partial charge in [-0.1, -0.05) is 6.08 Å². The summed E-state index contributed by atoms with van der Waals surface area (Å²) in [6, 6.07) is 3.22. The lowest BCUT2D eigenvalue weighted by molar-refractivity contribution is 0.0463. The van der Waals surface area contributed by atoms with E-state index in [2.05, 4.69) is 22.5 Å². The first-order valence-corrected chi connectivity index (χ1v) is 5.06. The fraction of sp³-hybridized carbons (Fsp3) is 0.300. The molecule has 1 aromatic heterocycles. The molecule has 0 aliphatic rings. The molecule has 3 nitrogen and oxygen atoms in total. The predicted octanol–water partition coefficient (Wildman–Crippen LogP) is 3.17. The Morgan fingerprint density at radius 1 is 1.64 bits per heavy atom. The van der Waals surface area contributed by atoms with Crippen LogP contribution in [0.5, 0.6) is 0 Å². The minimum absolute atomic E-state index is 0.218. The summed E-state index contributed by atoms with van der Waals surface area (Å²) in [7, 11) is 0. The minimum Gasteiger partial charge on any atom is -0.460 e. The highest BCUT2D eigenvalue weighted by atomic mass is 79.9. The highest BCUT2D eigenvalue weighted by molar-refractivity contribution is 9.10. The molecule has 0 spiro atoms. The summed E-state index contributed by atoms with van der Waals surface area (Å²) in [5.41, 5.74) is 0. The lowest BCUT2D eigenvalue weighted by Crippen LogP contribution is -2.04. The molecule has 0 N–H and O–H groups in total. The number of unbranched alkanes of at least 4 members (excludes halogenated alkanes) is 1. The van der Waals surface area contributed by atoms with E-state index in [9.17, 15) is 4.79 Å². The Balaban J connectivity index is 2.32. The van der Waals surface area contributed by atoms with Crippen molar-refractivity contribution < 1.29 is 13.9 Å². The Bertz CT molecular complexity index is 317. The van der Waals surface area contributed by atoms with Crippen molar-refractivity contribution in [2.45, 2.75) is 12.8 Å². The molecule has 0 atom stereocenters. The molecule has 0 unspecified atom stereocenters. The summed E-state index contributed by atoms with van der Waals surface area (Å²) in [5, 5.41) is 0. The molecule has 0 amide bonds. The summed E-state index contributed by atoms with van der Waals surface area (Å²) in [4.78, 5) is 11.3. The molecule has 0 aromatic carbocycles. The van der Waals surface area contributed by atoms with Gasteiger partial charge in [-0.25, -0.2) is 4.79 Å². The van der Waals surface area contributed by atoms with Gasteiger partial charge in [0.25, 0.3) is 0 Å². The van der Waals surface area contributed by atoms with Crippen LogP contribution in [0.15, 0.2) is 33.9 Å². The van der Waals surface area contributed by atoms with Crippen molar-refractivity contribution in [2.24, 2.45) is 0 Å². The zero-order valence-electron chi connectivity index (χ0n) is 7.66. The number of allylic oxidation sites excluding steroid dienone is 1. The Labute approximate surface area is 90.9 Å². The number of rotatable bonds is 5. The summed E-state index contributed by atoms with van der Waals surface area (Å²) in [6.07, 6.45) is 3.42. The van der Waals surface area contributed by atoms with Crippen LogP contribution < -0.4 is 0 Å². The second kappa shape index (κ2) is 5.65. The number of esters is 1. The number of furan rings is 1. The zero-order chi connectivity index (χ0) is 10.4. The molecular weight excluding hydrogens is 248 g/mol. The molecule has 0 aliphatic heterocycles. The first-order valence-electron chi connectivity index (χ1n) is 4.27. The maximum Gasteiger partial charge on any atom is 0.374 e.